The molecule has 0 saturated heterocycles. The van der Waals surface area contributed by atoms with Crippen LogP contribution in [0.5, 0.6) is 0 Å². The van der Waals surface area contributed by atoms with Gasteiger partial charge in [-0.3, -0.25) is 10.1 Å². The molecule has 0 aromatic carbocycles. The lowest BCUT2D eigenvalue weighted by molar-refractivity contribution is -0.384. The Morgan fingerprint density at radius 3 is 2.79 bits per heavy atom. The van der Waals surface area contributed by atoms with Gasteiger partial charge in [0.2, 0.25) is 11.8 Å². The predicted molar refractivity (Wildman–Crippen MR) is 71.9 cm³/mol. The Labute approximate surface area is 111 Å². The zero-order valence-corrected chi connectivity index (χ0v) is 11.3. The Morgan fingerprint density at radius 1 is 1.58 bits per heavy atom. The number of nitrogens with two attached hydrogens (primary N) is 1. The molecule has 0 aliphatic carbocycles. The summed E-state index contributed by atoms with van der Waals surface area (Å²) in [5, 5.41) is 13.6. The van der Waals surface area contributed by atoms with Crippen molar-refractivity contribution < 1.29 is 9.66 Å². The largest absolute Gasteiger partial charge is 0.385 e. The fourth-order valence-electron chi connectivity index (χ4n) is 1.40. The standard InChI is InChI=1S/C11H19N5O3/c1-11(2,4-5-19-3)7-14-10-13-6-8(16(17)18)9(12)15-10/h6H,4-5,7H2,1-3H3,(H3,12,13,14,15). The molecule has 0 aliphatic rings. The summed E-state index contributed by atoms with van der Waals surface area (Å²) < 4.78 is 5.04. The molecule has 0 fully saturated rings. The Balaban J connectivity index is 2.63. The van der Waals surface area contributed by atoms with Crippen molar-refractivity contribution in [3.63, 3.8) is 0 Å². The van der Waals surface area contributed by atoms with Crippen LogP contribution >= 0.6 is 0 Å². The van der Waals surface area contributed by atoms with Crippen LogP contribution in [0.15, 0.2) is 6.20 Å². The number of anilines is 2. The van der Waals surface area contributed by atoms with E-state index in [2.05, 4.69) is 29.1 Å². The van der Waals surface area contributed by atoms with Crippen molar-refractivity contribution in [2.45, 2.75) is 20.3 Å². The molecule has 19 heavy (non-hydrogen) atoms. The van der Waals surface area contributed by atoms with Crippen molar-refractivity contribution in [3.8, 4) is 0 Å². The van der Waals surface area contributed by atoms with Gasteiger partial charge in [0.05, 0.1) is 4.92 Å². The molecule has 0 bridgehead atoms. The van der Waals surface area contributed by atoms with Crippen LogP contribution in [0.1, 0.15) is 20.3 Å². The number of hydrogen-bond donors (Lipinski definition) is 2. The van der Waals surface area contributed by atoms with Gasteiger partial charge < -0.3 is 15.8 Å². The van der Waals surface area contributed by atoms with E-state index in [4.69, 9.17) is 10.5 Å². The molecule has 8 heteroatoms. The van der Waals surface area contributed by atoms with E-state index in [-0.39, 0.29) is 22.9 Å². The molecule has 0 spiro atoms. The summed E-state index contributed by atoms with van der Waals surface area (Å²) in [5.41, 5.74) is 5.20. The van der Waals surface area contributed by atoms with Crippen LogP contribution in [-0.4, -0.2) is 35.2 Å². The first-order chi connectivity index (χ1) is 8.85. The molecule has 1 heterocycles. The molecule has 0 atom stereocenters. The first-order valence-electron chi connectivity index (χ1n) is 5.85. The fraction of sp³-hybridized carbons (Fsp3) is 0.636. The van der Waals surface area contributed by atoms with E-state index in [0.717, 1.165) is 12.6 Å². The molecule has 0 saturated carbocycles. The second-order valence-electron chi connectivity index (χ2n) is 4.98. The summed E-state index contributed by atoms with van der Waals surface area (Å²) in [4.78, 5) is 17.7. The second kappa shape index (κ2) is 6.28. The van der Waals surface area contributed by atoms with Crippen molar-refractivity contribution >= 4 is 17.5 Å². The molecule has 0 aliphatic heterocycles. The molecule has 1 aromatic heterocycles. The quantitative estimate of drug-likeness (QED) is 0.568. The van der Waals surface area contributed by atoms with Crippen LogP contribution in [0.3, 0.4) is 0 Å². The third-order valence-electron chi connectivity index (χ3n) is 2.70. The number of nitrogens with one attached hydrogen (secondary N) is 1. The molecule has 3 N–H and O–H groups in total. The van der Waals surface area contributed by atoms with Gasteiger partial charge in [-0.1, -0.05) is 13.8 Å². The van der Waals surface area contributed by atoms with Crippen LogP contribution < -0.4 is 11.1 Å². The lowest BCUT2D eigenvalue weighted by Gasteiger charge is -2.24. The SMILES string of the molecule is COCCC(C)(C)CNc1ncc([N+](=O)[O-])c(N)n1. The fourth-order valence-corrected chi connectivity index (χ4v) is 1.40. The van der Waals surface area contributed by atoms with Gasteiger partial charge in [-0.25, -0.2) is 4.98 Å². The summed E-state index contributed by atoms with van der Waals surface area (Å²) in [5.74, 6) is 0.144. The monoisotopic (exact) mass is 269 g/mol. The first kappa shape index (κ1) is 15.1. The maximum atomic E-state index is 10.6. The van der Waals surface area contributed by atoms with E-state index in [1.54, 1.807) is 7.11 Å². The minimum atomic E-state index is -0.609. The minimum absolute atomic E-state index is 0.00406. The number of ether oxygens (including phenoxy) is 1. The number of rotatable bonds is 7. The van der Waals surface area contributed by atoms with Crippen molar-refractivity contribution in [2.75, 3.05) is 31.3 Å². The molecular weight excluding hydrogens is 250 g/mol. The Morgan fingerprint density at radius 2 is 2.26 bits per heavy atom. The van der Waals surface area contributed by atoms with Crippen LogP contribution in [0.2, 0.25) is 0 Å². The molecule has 0 amide bonds. The third-order valence-corrected chi connectivity index (χ3v) is 2.70. The molecular formula is C11H19N5O3. The molecule has 8 nitrogen and oxygen atoms in total. The third kappa shape index (κ3) is 4.66. The highest BCUT2D eigenvalue weighted by molar-refractivity contribution is 5.53. The van der Waals surface area contributed by atoms with Crippen LogP contribution in [0.4, 0.5) is 17.5 Å². The van der Waals surface area contributed by atoms with Crippen LogP contribution in [-0.2, 0) is 4.74 Å². The smallest absolute Gasteiger partial charge is 0.329 e. The van der Waals surface area contributed by atoms with E-state index in [0.29, 0.717) is 13.2 Å². The zero-order valence-electron chi connectivity index (χ0n) is 11.3. The topological polar surface area (TPSA) is 116 Å². The normalized spacial score (nSPS) is 11.3. The number of nitrogens with zero attached hydrogens (tertiary/aromatic N) is 3. The van der Waals surface area contributed by atoms with Crippen LogP contribution in [0.25, 0.3) is 0 Å². The van der Waals surface area contributed by atoms with Crippen LogP contribution in [0, 0.1) is 15.5 Å². The maximum absolute atomic E-state index is 10.6. The summed E-state index contributed by atoms with van der Waals surface area (Å²) >= 11 is 0. The highest BCUT2D eigenvalue weighted by atomic mass is 16.6. The second-order valence-corrected chi connectivity index (χ2v) is 4.98. The lowest BCUT2D eigenvalue weighted by atomic mass is 9.90. The van der Waals surface area contributed by atoms with E-state index >= 15 is 0 Å². The Bertz CT molecular complexity index is 450. The maximum Gasteiger partial charge on any atom is 0.329 e. The predicted octanol–water partition coefficient (Wildman–Crippen LogP) is 1.44. The molecule has 0 radical (unpaired) electrons. The summed E-state index contributed by atoms with van der Waals surface area (Å²) in [6.07, 6.45) is 1.98. The average molecular weight is 269 g/mol. The number of aromatic nitrogens is 2. The van der Waals surface area contributed by atoms with Crippen molar-refractivity contribution in [2.24, 2.45) is 5.41 Å². The number of nitrogen functional groups attached to an aromatic ring is 1. The van der Waals surface area contributed by atoms with E-state index in [9.17, 15) is 10.1 Å². The van der Waals surface area contributed by atoms with Gasteiger partial charge in [0.25, 0.3) is 0 Å². The first-order valence-corrected chi connectivity index (χ1v) is 5.85. The number of methoxy groups -OCH3 is 1. The Hall–Kier alpha value is -1.96. The van der Waals surface area contributed by atoms with Gasteiger partial charge in [-0.15, -0.1) is 0 Å². The highest BCUT2D eigenvalue weighted by Gasteiger charge is 2.19. The van der Waals surface area contributed by atoms with Gasteiger partial charge in [0, 0.05) is 20.3 Å². The van der Waals surface area contributed by atoms with Gasteiger partial charge >= 0.3 is 5.69 Å². The van der Waals surface area contributed by atoms with E-state index in [1.165, 1.54) is 0 Å². The highest BCUT2D eigenvalue weighted by Crippen LogP contribution is 2.22. The molecule has 0 unspecified atom stereocenters. The zero-order chi connectivity index (χ0) is 14.5. The van der Waals surface area contributed by atoms with Gasteiger partial charge in [0.1, 0.15) is 6.20 Å². The van der Waals surface area contributed by atoms with Crippen molar-refractivity contribution in [3.05, 3.63) is 16.3 Å². The van der Waals surface area contributed by atoms with Gasteiger partial charge in [0.15, 0.2) is 0 Å². The summed E-state index contributed by atoms with van der Waals surface area (Å²) in [6, 6.07) is 0. The minimum Gasteiger partial charge on any atom is -0.385 e. The van der Waals surface area contributed by atoms with Gasteiger partial charge in [-0.05, 0) is 11.8 Å². The van der Waals surface area contributed by atoms with Crippen molar-refractivity contribution in [1.82, 2.24) is 9.97 Å². The molecule has 1 rings (SSSR count). The summed E-state index contributed by atoms with van der Waals surface area (Å²) in [6.45, 7) is 5.44. The molecule has 1 aromatic rings. The van der Waals surface area contributed by atoms with Gasteiger partial charge in [-0.2, -0.15) is 4.98 Å². The van der Waals surface area contributed by atoms with E-state index in [1.807, 2.05) is 0 Å². The Kier molecular flexibility index (Phi) is 4.99. The summed E-state index contributed by atoms with van der Waals surface area (Å²) in [7, 11) is 1.66. The number of hydrogen-bond acceptors (Lipinski definition) is 7. The van der Waals surface area contributed by atoms with Crippen molar-refractivity contribution in [1.29, 1.82) is 0 Å². The number of nitro groups is 1. The van der Waals surface area contributed by atoms with E-state index < -0.39 is 4.92 Å². The lowest BCUT2D eigenvalue weighted by Crippen LogP contribution is -2.25. The average Bonchev–Trinajstić information content (AvgIpc) is 2.34. The molecule has 106 valence electrons.